The van der Waals surface area contributed by atoms with E-state index in [4.69, 9.17) is 10.7 Å². The van der Waals surface area contributed by atoms with Crippen LogP contribution in [0.3, 0.4) is 0 Å². The minimum Gasteiger partial charge on any atom is -0.341 e. The van der Waals surface area contributed by atoms with Crippen LogP contribution in [0, 0.1) is 0 Å². The maximum absolute atomic E-state index is 12.4. The van der Waals surface area contributed by atoms with Gasteiger partial charge in [0.05, 0.1) is 22.3 Å². The third-order valence-electron chi connectivity index (χ3n) is 5.20. The first-order chi connectivity index (χ1) is 14.4. The minimum atomic E-state index is -0.831. The van der Waals surface area contributed by atoms with E-state index in [0.717, 1.165) is 34.1 Å². The molecule has 1 aromatic carbocycles. The number of hydrogen-bond acceptors (Lipinski definition) is 7. The topological polar surface area (TPSA) is 97.0 Å². The Bertz CT molecular complexity index is 1010. The fraction of sp³-hybridized carbons (Fsp3) is 0.364. The number of thiazole rings is 1. The van der Waals surface area contributed by atoms with Crippen molar-refractivity contribution in [2.24, 2.45) is 5.73 Å². The number of nitrogens with two attached hydrogens (primary N) is 1. The first-order valence-corrected chi connectivity index (χ1v) is 10.9. The Morgan fingerprint density at radius 1 is 1.17 bits per heavy atom. The molecule has 0 aliphatic carbocycles. The number of nitrogens with one attached hydrogen (secondary N) is 1. The highest BCUT2D eigenvalue weighted by molar-refractivity contribution is 7.18. The van der Waals surface area contributed by atoms with Gasteiger partial charge in [-0.25, -0.2) is 9.97 Å². The number of carbonyl (C=O) groups is 1. The molecule has 1 saturated heterocycles. The smallest absolute Gasteiger partial charge is 0.242 e. The van der Waals surface area contributed by atoms with Crippen molar-refractivity contribution in [1.82, 2.24) is 19.9 Å². The van der Waals surface area contributed by atoms with Gasteiger partial charge >= 0.3 is 0 Å². The Labute approximate surface area is 180 Å². The monoisotopic (exact) mass is 422 g/mol. The van der Waals surface area contributed by atoms with Crippen molar-refractivity contribution in [1.29, 1.82) is 0 Å². The average Bonchev–Trinajstić information content (AvgIpc) is 3.22. The van der Waals surface area contributed by atoms with Crippen molar-refractivity contribution in [2.75, 3.05) is 18.4 Å². The average molecular weight is 423 g/mol. The molecule has 8 heteroatoms. The van der Waals surface area contributed by atoms with Gasteiger partial charge in [-0.1, -0.05) is 41.7 Å². The maximum Gasteiger partial charge on any atom is 0.242 e. The number of amides is 1. The van der Waals surface area contributed by atoms with Crippen LogP contribution in [-0.4, -0.2) is 44.4 Å². The van der Waals surface area contributed by atoms with Crippen molar-refractivity contribution in [2.45, 2.75) is 38.1 Å². The van der Waals surface area contributed by atoms with Crippen LogP contribution in [0.25, 0.3) is 10.4 Å². The zero-order valence-corrected chi connectivity index (χ0v) is 18.0. The lowest BCUT2D eigenvalue weighted by Gasteiger charge is -2.35. The SMILES string of the molecule is CC(C)(N)C(=O)N1CCC(c2cncc(Nc3ncc(-c4ccccc4)s3)n2)CC1. The molecule has 1 fully saturated rings. The van der Waals surface area contributed by atoms with Gasteiger partial charge in [0.25, 0.3) is 0 Å². The quantitative estimate of drug-likeness (QED) is 0.649. The van der Waals surface area contributed by atoms with Crippen LogP contribution in [0.4, 0.5) is 10.9 Å². The lowest BCUT2D eigenvalue weighted by atomic mass is 9.92. The molecule has 1 aliphatic rings. The molecular formula is C22H26N6OS. The maximum atomic E-state index is 12.4. The highest BCUT2D eigenvalue weighted by Gasteiger charge is 2.31. The lowest BCUT2D eigenvalue weighted by molar-refractivity contribution is -0.136. The highest BCUT2D eigenvalue weighted by Crippen LogP contribution is 2.31. The number of carbonyl (C=O) groups excluding carboxylic acids is 1. The predicted octanol–water partition coefficient (Wildman–Crippen LogP) is 3.79. The highest BCUT2D eigenvalue weighted by atomic mass is 32.1. The summed E-state index contributed by atoms with van der Waals surface area (Å²) in [4.78, 5) is 28.9. The van der Waals surface area contributed by atoms with Gasteiger partial charge in [-0.2, -0.15) is 0 Å². The molecule has 3 N–H and O–H groups in total. The summed E-state index contributed by atoms with van der Waals surface area (Å²) >= 11 is 1.58. The zero-order chi connectivity index (χ0) is 21.1. The Balaban J connectivity index is 1.40. The molecule has 0 bridgehead atoms. The number of aromatic nitrogens is 3. The Kier molecular flexibility index (Phi) is 5.78. The molecule has 7 nitrogen and oxygen atoms in total. The fourth-order valence-electron chi connectivity index (χ4n) is 3.60. The van der Waals surface area contributed by atoms with E-state index in [0.29, 0.717) is 18.9 Å². The summed E-state index contributed by atoms with van der Waals surface area (Å²) in [5, 5.41) is 4.06. The second-order valence-corrected chi connectivity index (χ2v) is 9.17. The summed E-state index contributed by atoms with van der Waals surface area (Å²) in [6, 6.07) is 10.2. The number of rotatable bonds is 5. The first kappa shape index (κ1) is 20.4. The van der Waals surface area contributed by atoms with Crippen LogP contribution >= 0.6 is 11.3 Å². The number of nitrogens with zero attached hydrogens (tertiary/aromatic N) is 4. The van der Waals surface area contributed by atoms with Gasteiger partial charge in [-0.15, -0.1) is 0 Å². The number of piperidine rings is 1. The number of hydrogen-bond donors (Lipinski definition) is 2. The predicted molar refractivity (Wildman–Crippen MR) is 120 cm³/mol. The normalized spacial score (nSPS) is 15.2. The molecular weight excluding hydrogens is 396 g/mol. The molecule has 0 unspecified atom stereocenters. The van der Waals surface area contributed by atoms with Crippen molar-refractivity contribution in [3.05, 3.63) is 54.6 Å². The van der Waals surface area contributed by atoms with Gasteiger partial charge in [0.15, 0.2) is 10.9 Å². The van der Waals surface area contributed by atoms with Gasteiger partial charge in [0.1, 0.15) is 0 Å². The van der Waals surface area contributed by atoms with Crippen molar-refractivity contribution >= 4 is 28.2 Å². The van der Waals surface area contributed by atoms with E-state index in [9.17, 15) is 4.79 Å². The first-order valence-electron chi connectivity index (χ1n) is 10.1. The molecule has 3 aromatic rings. The van der Waals surface area contributed by atoms with Crippen molar-refractivity contribution in [3.63, 3.8) is 0 Å². The summed E-state index contributed by atoms with van der Waals surface area (Å²) in [6.07, 6.45) is 7.11. The molecule has 0 saturated carbocycles. The van der Waals surface area contributed by atoms with Crippen molar-refractivity contribution < 1.29 is 4.79 Å². The number of likely N-dealkylation sites (tertiary alicyclic amines) is 1. The van der Waals surface area contributed by atoms with Gasteiger partial charge in [0, 0.05) is 31.4 Å². The lowest BCUT2D eigenvalue weighted by Crippen LogP contribution is -2.53. The third kappa shape index (κ3) is 4.66. The Morgan fingerprint density at radius 3 is 2.60 bits per heavy atom. The second kappa shape index (κ2) is 8.49. The molecule has 4 rings (SSSR count). The molecule has 3 heterocycles. The molecule has 30 heavy (non-hydrogen) atoms. The van der Waals surface area contributed by atoms with E-state index < -0.39 is 5.54 Å². The molecule has 1 aliphatic heterocycles. The van der Waals surface area contributed by atoms with Gasteiger partial charge < -0.3 is 16.0 Å². The minimum absolute atomic E-state index is 0.000409. The van der Waals surface area contributed by atoms with Crippen LogP contribution in [0.2, 0.25) is 0 Å². The van der Waals surface area contributed by atoms with Crippen LogP contribution in [0.15, 0.2) is 48.9 Å². The molecule has 0 spiro atoms. The van der Waals surface area contributed by atoms with E-state index in [1.165, 1.54) is 0 Å². The van der Waals surface area contributed by atoms with E-state index in [2.05, 4.69) is 27.4 Å². The van der Waals surface area contributed by atoms with E-state index in [-0.39, 0.29) is 11.8 Å². The zero-order valence-electron chi connectivity index (χ0n) is 17.2. The van der Waals surface area contributed by atoms with Crippen molar-refractivity contribution in [3.8, 4) is 10.4 Å². The Morgan fingerprint density at radius 2 is 1.90 bits per heavy atom. The summed E-state index contributed by atoms with van der Waals surface area (Å²) in [5.41, 5.74) is 7.22. The summed E-state index contributed by atoms with van der Waals surface area (Å²) in [7, 11) is 0. The molecule has 0 radical (unpaired) electrons. The van der Waals surface area contributed by atoms with Crippen LogP contribution in [0.1, 0.15) is 38.3 Å². The van der Waals surface area contributed by atoms with Crippen LogP contribution in [-0.2, 0) is 4.79 Å². The standard InChI is InChI=1S/C22H26N6OS/c1-22(2,23)20(29)28-10-8-15(9-11-28)17-12-24-14-19(26-17)27-21-25-13-18(30-21)16-6-4-3-5-7-16/h3-7,12-15H,8-11,23H2,1-2H3,(H,25,26,27). The largest absolute Gasteiger partial charge is 0.341 e. The molecule has 156 valence electrons. The molecule has 0 atom stereocenters. The van der Waals surface area contributed by atoms with Gasteiger partial charge in [-0.3, -0.25) is 9.78 Å². The van der Waals surface area contributed by atoms with Crippen LogP contribution < -0.4 is 11.1 Å². The Hall–Kier alpha value is -2.84. The number of anilines is 2. The van der Waals surface area contributed by atoms with E-state index in [1.807, 2.05) is 35.5 Å². The summed E-state index contributed by atoms with van der Waals surface area (Å²) < 4.78 is 0. The molecule has 1 amide bonds. The molecule has 2 aromatic heterocycles. The summed E-state index contributed by atoms with van der Waals surface area (Å²) in [5.74, 6) is 0.962. The van der Waals surface area contributed by atoms with Gasteiger partial charge in [-0.05, 0) is 32.3 Å². The summed E-state index contributed by atoms with van der Waals surface area (Å²) in [6.45, 7) is 4.89. The third-order valence-corrected chi connectivity index (χ3v) is 6.17. The van der Waals surface area contributed by atoms with Gasteiger partial charge in [0.2, 0.25) is 5.91 Å². The van der Waals surface area contributed by atoms with E-state index >= 15 is 0 Å². The van der Waals surface area contributed by atoms with Crippen LogP contribution in [0.5, 0.6) is 0 Å². The van der Waals surface area contributed by atoms with E-state index in [1.54, 1.807) is 31.4 Å². The fourth-order valence-corrected chi connectivity index (χ4v) is 4.43. The second-order valence-electron chi connectivity index (χ2n) is 8.14. The number of benzene rings is 1.